The van der Waals surface area contributed by atoms with E-state index in [9.17, 15) is 0 Å². The minimum Gasteiger partial charge on any atom is -0.300 e. The van der Waals surface area contributed by atoms with Crippen LogP contribution in [-0.4, -0.2) is 29.4 Å². The van der Waals surface area contributed by atoms with Crippen LogP contribution < -0.4 is 0 Å². The predicted molar refractivity (Wildman–Crippen MR) is 73.8 cm³/mol. The van der Waals surface area contributed by atoms with Gasteiger partial charge in [0.1, 0.15) is 0 Å². The maximum absolute atomic E-state index is 3.50. The van der Waals surface area contributed by atoms with Gasteiger partial charge in [0.25, 0.3) is 0 Å². The van der Waals surface area contributed by atoms with Crippen molar-refractivity contribution in [2.45, 2.75) is 59.4 Å². The largest absolute Gasteiger partial charge is 0.300 e. The smallest absolute Gasteiger partial charge is 0.00901 e. The summed E-state index contributed by atoms with van der Waals surface area (Å²) in [5, 5.41) is 1.14. The Morgan fingerprint density at radius 3 is 2.07 bits per heavy atom. The third-order valence-electron chi connectivity index (χ3n) is 2.89. The number of halogens is 1. The summed E-state index contributed by atoms with van der Waals surface area (Å²) in [7, 11) is 0. The van der Waals surface area contributed by atoms with Crippen LogP contribution >= 0.6 is 15.9 Å². The van der Waals surface area contributed by atoms with E-state index in [1.54, 1.807) is 0 Å². The van der Waals surface area contributed by atoms with Gasteiger partial charge in [0.05, 0.1) is 0 Å². The van der Waals surface area contributed by atoms with Crippen LogP contribution in [0.3, 0.4) is 0 Å². The fraction of sp³-hybridized carbons (Fsp3) is 1.00. The highest BCUT2D eigenvalue weighted by Crippen LogP contribution is 2.12. The van der Waals surface area contributed by atoms with Crippen LogP contribution in [0.2, 0.25) is 0 Å². The van der Waals surface area contributed by atoms with Gasteiger partial charge in [-0.15, -0.1) is 0 Å². The van der Waals surface area contributed by atoms with Gasteiger partial charge >= 0.3 is 0 Å². The van der Waals surface area contributed by atoms with E-state index in [0.29, 0.717) is 0 Å². The molecule has 0 unspecified atom stereocenters. The normalized spacial score (nSPS) is 12.0. The molecule has 0 bridgehead atoms. The zero-order valence-corrected chi connectivity index (χ0v) is 12.5. The van der Waals surface area contributed by atoms with E-state index < -0.39 is 0 Å². The van der Waals surface area contributed by atoms with Crippen LogP contribution in [0.25, 0.3) is 0 Å². The molecule has 1 nitrogen and oxygen atoms in total. The van der Waals surface area contributed by atoms with E-state index >= 15 is 0 Å². The van der Waals surface area contributed by atoms with E-state index in [0.717, 1.165) is 17.3 Å². The second-order valence-electron chi connectivity index (χ2n) is 4.76. The average molecular weight is 278 g/mol. The highest BCUT2D eigenvalue weighted by molar-refractivity contribution is 9.09. The second kappa shape index (κ2) is 9.65. The summed E-state index contributed by atoms with van der Waals surface area (Å²) in [6.07, 6.45) is 5.21. The molecule has 0 aromatic rings. The Labute approximate surface area is 105 Å². The monoisotopic (exact) mass is 277 g/mol. The SMILES string of the molecule is CCC(CC)N(CCCCBr)CC(C)C. The van der Waals surface area contributed by atoms with Gasteiger partial charge in [-0.3, -0.25) is 0 Å². The maximum Gasteiger partial charge on any atom is 0.00901 e. The minimum absolute atomic E-state index is 0.787. The molecule has 0 aromatic heterocycles. The number of unbranched alkanes of at least 4 members (excludes halogenated alkanes) is 1. The molecular weight excluding hydrogens is 250 g/mol. The van der Waals surface area contributed by atoms with Gasteiger partial charge < -0.3 is 4.90 Å². The molecule has 0 N–H and O–H groups in total. The molecule has 92 valence electrons. The Hall–Kier alpha value is 0.440. The lowest BCUT2D eigenvalue weighted by molar-refractivity contribution is 0.164. The Bertz CT molecular complexity index is 132. The van der Waals surface area contributed by atoms with E-state index in [2.05, 4.69) is 48.5 Å². The Balaban J connectivity index is 4.03. The average Bonchev–Trinajstić information content (AvgIpc) is 2.19. The summed E-state index contributed by atoms with van der Waals surface area (Å²) in [6, 6.07) is 0.794. The summed E-state index contributed by atoms with van der Waals surface area (Å²) in [4.78, 5) is 2.69. The van der Waals surface area contributed by atoms with Gasteiger partial charge in [-0.2, -0.15) is 0 Å². The first-order valence-electron chi connectivity index (χ1n) is 6.45. The lowest BCUT2D eigenvalue weighted by Gasteiger charge is -2.31. The van der Waals surface area contributed by atoms with Crippen molar-refractivity contribution in [3.05, 3.63) is 0 Å². The highest BCUT2D eigenvalue weighted by atomic mass is 79.9. The number of hydrogen-bond donors (Lipinski definition) is 0. The molecule has 0 aliphatic rings. The number of nitrogens with zero attached hydrogens (tertiary/aromatic N) is 1. The summed E-state index contributed by atoms with van der Waals surface area (Å²) >= 11 is 3.50. The third kappa shape index (κ3) is 7.35. The van der Waals surface area contributed by atoms with Crippen LogP contribution in [0.15, 0.2) is 0 Å². The molecule has 0 aliphatic carbocycles. The van der Waals surface area contributed by atoms with Crippen LogP contribution in [0.1, 0.15) is 53.4 Å². The molecule has 0 radical (unpaired) electrons. The second-order valence-corrected chi connectivity index (χ2v) is 5.55. The fourth-order valence-electron chi connectivity index (χ4n) is 2.11. The molecule has 0 atom stereocenters. The summed E-state index contributed by atoms with van der Waals surface area (Å²) in [5.41, 5.74) is 0. The first kappa shape index (κ1) is 15.4. The van der Waals surface area contributed by atoms with Crippen molar-refractivity contribution in [1.29, 1.82) is 0 Å². The quantitative estimate of drug-likeness (QED) is 0.449. The first-order chi connectivity index (χ1) is 7.15. The third-order valence-corrected chi connectivity index (χ3v) is 3.45. The molecule has 0 aromatic carbocycles. The predicted octanol–water partition coefficient (Wildman–Crippen LogP) is 4.31. The molecule has 2 heteroatoms. The molecule has 0 saturated heterocycles. The Kier molecular flexibility index (Phi) is 9.93. The molecule has 0 aliphatic heterocycles. The van der Waals surface area contributed by atoms with Gasteiger partial charge in [0.15, 0.2) is 0 Å². The van der Waals surface area contributed by atoms with Gasteiger partial charge in [-0.05, 0) is 38.1 Å². The van der Waals surface area contributed by atoms with Crippen molar-refractivity contribution >= 4 is 15.9 Å². The molecule has 0 saturated carbocycles. The fourth-order valence-corrected chi connectivity index (χ4v) is 2.50. The van der Waals surface area contributed by atoms with Crippen molar-refractivity contribution in [2.75, 3.05) is 18.4 Å². The number of rotatable bonds is 9. The number of alkyl halides is 1. The molecule has 0 spiro atoms. The standard InChI is InChI=1S/C13H28BrN/c1-5-13(6-2)15(11-12(3)4)10-8-7-9-14/h12-13H,5-11H2,1-4H3. The summed E-state index contributed by atoms with van der Waals surface area (Å²) in [5.74, 6) is 0.787. The minimum atomic E-state index is 0.787. The van der Waals surface area contributed by atoms with Crippen molar-refractivity contribution in [3.63, 3.8) is 0 Å². The zero-order chi connectivity index (χ0) is 11.7. The van der Waals surface area contributed by atoms with Gasteiger partial charge in [-0.25, -0.2) is 0 Å². The van der Waals surface area contributed by atoms with Crippen molar-refractivity contribution in [3.8, 4) is 0 Å². The van der Waals surface area contributed by atoms with Crippen molar-refractivity contribution < 1.29 is 0 Å². The molecular formula is C13H28BrN. The van der Waals surface area contributed by atoms with E-state index in [1.165, 1.54) is 38.8 Å². The maximum atomic E-state index is 3.50. The summed E-state index contributed by atoms with van der Waals surface area (Å²) < 4.78 is 0. The van der Waals surface area contributed by atoms with Crippen LogP contribution in [-0.2, 0) is 0 Å². The first-order valence-corrected chi connectivity index (χ1v) is 7.57. The van der Waals surface area contributed by atoms with E-state index in [4.69, 9.17) is 0 Å². The lowest BCUT2D eigenvalue weighted by Crippen LogP contribution is -2.38. The van der Waals surface area contributed by atoms with Gasteiger partial charge in [0.2, 0.25) is 0 Å². The molecule has 0 amide bonds. The van der Waals surface area contributed by atoms with Crippen molar-refractivity contribution in [1.82, 2.24) is 4.90 Å². The molecule has 0 rings (SSSR count). The van der Waals surface area contributed by atoms with Crippen LogP contribution in [0, 0.1) is 5.92 Å². The van der Waals surface area contributed by atoms with Crippen molar-refractivity contribution in [2.24, 2.45) is 5.92 Å². The topological polar surface area (TPSA) is 3.24 Å². The highest BCUT2D eigenvalue weighted by Gasteiger charge is 2.15. The molecule has 15 heavy (non-hydrogen) atoms. The molecule has 0 heterocycles. The van der Waals surface area contributed by atoms with E-state index in [1.807, 2.05) is 0 Å². The lowest BCUT2D eigenvalue weighted by atomic mass is 10.1. The zero-order valence-electron chi connectivity index (χ0n) is 10.9. The van der Waals surface area contributed by atoms with E-state index in [-0.39, 0.29) is 0 Å². The van der Waals surface area contributed by atoms with Gasteiger partial charge in [-0.1, -0.05) is 43.6 Å². The van der Waals surface area contributed by atoms with Crippen LogP contribution in [0.5, 0.6) is 0 Å². The van der Waals surface area contributed by atoms with Gasteiger partial charge in [0, 0.05) is 17.9 Å². The van der Waals surface area contributed by atoms with Crippen LogP contribution in [0.4, 0.5) is 0 Å². The Morgan fingerprint density at radius 1 is 1.07 bits per heavy atom. The molecule has 0 fully saturated rings. The summed E-state index contributed by atoms with van der Waals surface area (Å²) in [6.45, 7) is 11.8. The number of hydrogen-bond acceptors (Lipinski definition) is 1. The Morgan fingerprint density at radius 2 is 1.67 bits per heavy atom.